The quantitative estimate of drug-likeness (QED) is 0.398. The zero-order chi connectivity index (χ0) is 13.1. The van der Waals surface area contributed by atoms with E-state index in [1.54, 1.807) is 12.3 Å². The van der Waals surface area contributed by atoms with Crippen LogP contribution in [0, 0.1) is 0 Å². The molecule has 0 saturated carbocycles. The van der Waals surface area contributed by atoms with Crippen molar-refractivity contribution in [1.29, 1.82) is 0 Å². The molecule has 0 aromatic heterocycles. The third-order valence-electron chi connectivity index (χ3n) is 1.91. The number of nitrogens with two attached hydrogens (primary N) is 1. The first-order valence-corrected chi connectivity index (χ1v) is 6.28. The average Bonchev–Trinajstić information content (AvgIpc) is 2.28. The molecule has 1 aromatic carbocycles. The van der Waals surface area contributed by atoms with Crippen LogP contribution in [-0.2, 0) is 6.18 Å². The fourth-order valence-corrected chi connectivity index (χ4v) is 1.65. The number of hydrogen-bond donors (Lipinski definition) is 1. The monoisotopic (exact) mass is 282 g/mol. The normalized spacial score (nSPS) is 12.9. The summed E-state index contributed by atoms with van der Waals surface area (Å²) in [4.78, 5) is 4.17. The summed E-state index contributed by atoms with van der Waals surface area (Å²) in [5.74, 6) is -0.157. The number of halogens is 4. The molecule has 2 nitrogen and oxygen atoms in total. The highest BCUT2D eigenvalue weighted by molar-refractivity contribution is 7.98. The molecule has 0 aliphatic heterocycles. The molecule has 0 fully saturated rings. The molecule has 17 heavy (non-hydrogen) atoms. The Morgan fingerprint density at radius 1 is 1.47 bits per heavy atom. The maximum Gasteiger partial charge on any atom is 0.418 e. The van der Waals surface area contributed by atoms with Crippen LogP contribution in [0.1, 0.15) is 5.56 Å². The van der Waals surface area contributed by atoms with Gasteiger partial charge in [0, 0.05) is 4.90 Å². The molecule has 0 aliphatic rings. The minimum absolute atomic E-state index is 0.0472. The first-order valence-electron chi connectivity index (χ1n) is 4.52. The third kappa shape index (κ3) is 3.81. The Hall–Kier alpha value is -0.880. The highest BCUT2D eigenvalue weighted by Crippen LogP contribution is 2.38. The summed E-state index contributed by atoms with van der Waals surface area (Å²) >= 11 is 6.61. The Labute approximate surface area is 106 Å². The standard InChI is InChI=1S/C10H10ClF3N2S/c1-17-6-2-3-8(16-9(15)5-11)7(4-6)10(12,13)14/h2-4H,5H2,1H3,(H2,15,16). The van der Waals surface area contributed by atoms with Crippen LogP contribution in [0.2, 0.25) is 0 Å². The van der Waals surface area contributed by atoms with Gasteiger partial charge in [0.15, 0.2) is 0 Å². The van der Waals surface area contributed by atoms with Gasteiger partial charge in [-0.2, -0.15) is 13.2 Å². The lowest BCUT2D eigenvalue weighted by Crippen LogP contribution is -2.13. The molecular weight excluding hydrogens is 273 g/mol. The van der Waals surface area contributed by atoms with Crippen LogP contribution in [0.5, 0.6) is 0 Å². The molecule has 0 aliphatic carbocycles. The van der Waals surface area contributed by atoms with E-state index < -0.39 is 11.7 Å². The molecule has 0 amide bonds. The molecule has 7 heteroatoms. The van der Waals surface area contributed by atoms with E-state index >= 15 is 0 Å². The van der Waals surface area contributed by atoms with Gasteiger partial charge in [-0.1, -0.05) is 0 Å². The summed E-state index contributed by atoms with van der Waals surface area (Å²) in [6.07, 6.45) is -2.76. The predicted molar refractivity (Wildman–Crippen MR) is 65.2 cm³/mol. The van der Waals surface area contributed by atoms with Crippen LogP contribution < -0.4 is 5.73 Å². The second-order valence-corrected chi connectivity index (χ2v) is 4.26. The lowest BCUT2D eigenvalue weighted by atomic mass is 10.2. The summed E-state index contributed by atoms with van der Waals surface area (Å²) in [7, 11) is 0. The maximum absolute atomic E-state index is 12.8. The second kappa shape index (κ2) is 5.64. The van der Waals surface area contributed by atoms with Crippen molar-refractivity contribution in [3.05, 3.63) is 23.8 Å². The van der Waals surface area contributed by atoms with Gasteiger partial charge in [0.05, 0.1) is 17.1 Å². The lowest BCUT2D eigenvalue weighted by Gasteiger charge is -2.11. The number of nitrogens with zero attached hydrogens (tertiary/aromatic N) is 1. The van der Waals surface area contributed by atoms with Crippen molar-refractivity contribution < 1.29 is 13.2 Å². The summed E-state index contributed by atoms with van der Waals surface area (Å²) < 4.78 is 38.3. The molecule has 0 spiro atoms. The van der Waals surface area contributed by atoms with Crippen molar-refractivity contribution in [3.8, 4) is 0 Å². The molecule has 2 N–H and O–H groups in total. The lowest BCUT2D eigenvalue weighted by molar-refractivity contribution is -0.137. The number of rotatable bonds is 3. The maximum atomic E-state index is 12.8. The number of hydrogen-bond acceptors (Lipinski definition) is 2. The SMILES string of the molecule is CSc1ccc(N=C(N)CCl)c(C(F)(F)F)c1. The van der Waals surface area contributed by atoms with Crippen molar-refractivity contribution in [1.82, 2.24) is 0 Å². The molecule has 1 rings (SSSR count). The first kappa shape index (κ1) is 14.2. The highest BCUT2D eigenvalue weighted by Gasteiger charge is 2.33. The zero-order valence-electron chi connectivity index (χ0n) is 8.88. The van der Waals surface area contributed by atoms with E-state index in [1.165, 1.54) is 17.8 Å². The fourth-order valence-electron chi connectivity index (χ4n) is 1.15. The van der Waals surface area contributed by atoms with Crippen LogP contribution in [0.25, 0.3) is 0 Å². The first-order chi connectivity index (χ1) is 7.88. The molecule has 0 heterocycles. The zero-order valence-corrected chi connectivity index (χ0v) is 10.5. The van der Waals surface area contributed by atoms with Gasteiger partial charge < -0.3 is 5.73 Å². The van der Waals surface area contributed by atoms with Gasteiger partial charge >= 0.3 is 6.18 Å². The molecule has 0 saturated heterocycles. The number of alkyl halides is 4. The Kier molecular flexibility index (Phi) is 4.70. The molecule has 0 atom stereocenters. The van der Waals surface area contributed by atoms with E-state index in [9.17, 15) is 13.2 Å². The average molecular weight is 283 g/mol. The summed E-state index contributed by atoms with van der Waals surface area (Å²) in [6, 6.07) is 3.89. The molecule has 1 aromatic rings. The minimum Gasteiger partial charge on any atom is -0.386 e. The van der Waals surface area contributed by atoms with Crippen LogP contribution in [0.15, 0.2) is 28.1 Å². The number of benzene rings is 1. The number of aliphatic imine (C=N–C) groups is 1. The highest BCUT2D eigenvalue weighted by atomic mass is 35.5. The summed E-state index contributed by atoms with van der Waals surface area (Å²) in [6.45, 7) is 0. The van der Waals surface area contributed by atoms with Gasteiger partial charge in [-0.15, -0.1) is 23.4 Å². The summed E-state index contributed by atoms with van der Waals surface area (Å²) in [5, 5.41) is 0. The van der Waals surface area contributed by atoms with Crippen molar-refractivity contribution in [3.63, 3.8) is 0 Å². The van der Waals surface area contributed by atoms with Gasteiger partial charge in [-0.25, -0.2) is 4.99 Å². The Balaban J connectivity index is 3.30. The van der Waals surface area contributed by atoms with Gasteiger partial charge in [-0.05, 0) is 24.5 Å². The fraction of sp³-hybridized carbons (Fsp3) is 0.300. The van der Waals surface area contributed by atoms with Crippen LogP contribution in [0.4, 0.5) is 18.9 Å². The van der Waals surface area contributed by atoms with E-state index in [0.717, 1.165) is 6.07 Å². The van der Waals surface area contributed by atoms with Gasteiger partial charge in [-0.3, -0.25) is 0 Å². The van der Waals surface area contributed by atoms with E-state index in [2.05, 4.69) is 4.99 Å². The van der Waals surface area contributed by atoms with Crippen molar-refractivity contribution in [2.75, 3.05) is 12.1 Å². The van der Waals surface area contributed by atoms with E-state index in [0.29, 0.717) is 4.90 Å². The van der Waals surface area contributed by atoms with E-state index in [-0.39, 0.29) is 17.4 Å². The molecule has 0 unspecified atom stereocenters. The van der Waals surface area contributed by atoms with Crippen molar-refractivity contribution in [2.45, 2.75) is 11.1 Å². The van der Waals surface area contributed by atoms with Crippen LogP contribution in [-0.4, -0.2) is 18.0 Å². The largest absolute Gasteiger partial charge is 0.418 e. The molecular formula is C10H10ClF3N2S. The third-order valence-corrected chi connectivity index (χ3v) is 2.91. The van der Waals surface area contributed by atoms with E-state index in [4.69, 9.17) is 17.3 Å². The second-order valence-electron chi connectivity index (χ2n) is 3.12. The Morgan fingerprint density at radius 3 is 2.59 bits per heavy atom. The smallest absolute Gasteiger partial charge is 0.386 e. The predicted octanol–water partition coefficient (Wildman–Crippen LogP) is 3.65. The van der Waals surface area contributed by atoms with Crippen LogP contribution >= 0.6 is 23.4 Å². The number of amidine groups is 1. The Morgan fingerprint density at radius 2 is 2.12 bits per heavy atom. The Bertz CT molecular complexity index is 432. The topological polar surface area (TPSA) is 38.4 Å². The number of thioether (sulfide) groups is 1. The van der Waals surface area contributed by atoms with E-state index in [1.807, 2.05) is 0 Å². The van der Waals surface area contributed by atoms with Gasteiger partial charge in [0.1, 0.15) is 5.84 Å². The summed E-state index contributed by atoms with van der Waals surface area (Å²) in [5.41, 5.74) is 4.31. The van der Waals surface area contributed by atoms with Crippen LogP contribution in [0.3, 0.4) is 0 Å². The van der Waals surface area contributed by atoms with Gasteiger partial charge in [0.2, 0.25) is 0 Å². The van der Waals surface area contributed by atoms with Gasteiger partial charge in [0.25, 0.3) is 0 Å². The molecule has 0 radical (unpaired) electrons. The molecule has 0 bridgehead atoms. The minimum atomic E-state index is -4.46. The van der Waals surface area contributed by atoms with Crippen molar-refractivity contribution in [2.24, 2.45) is 10.7 Å². The molecule has 94 valence electrons. The van der Waals surface area contributed by atoms with Crippen molar-refractivity contribution >= 4 is 34.9 Å².